The number of nitrogens with one attached hydrogen (secondary N) is 1. The Labute approximate surface area is 182 Å². The number of benzene rings is 2. The summed E-state index contributed by atoms with van der Waals surface area (Å²) in [6.45, 7) is 9.47. The van der Waals surface area contributed by atoms with E-state index in [2.05, 4.69) is 53.2 Å². The van der Waals surface area contributed by atoms with Crippen molar-refractivity contribution in [2.45, 2.75) is 32.7 Å². The summed E-state index contributed by atoms with van der Waals surface area (Å²) in [5, 5.41) is 4.31. The molecule has 1 amide bonds. The van der Waals surface area contributed by atoms with E-state index in [1.165, 1.54) is 15.3 Å². The van der Waals surface area contributed by atoms with Crippen LogP contribution in [0.1, 0.15) is 36.8 Å². The Morgan fingerprint density at radius 1 is 1.07 bits per heavy atom. The highest BCUT2D eigenvalue weighted by atomic mass is 32.1. The van der Waals surface area contributed by atoms with Crippen LogP contribution < -0.4 is 5.32 Å². The van der Waals surface area contributed by atoms with E-state index in [-0.39, 0.29) is 5.91 Å². The van der Waals surface area contributed by atoms with Crippen molar-refractivity contribution in [1.29, 1.82) is 0 Å². The molecule has 0 aliphatic carbocycles. The van der Waals surface area contributed by atoms with Gasteiger partial charge in [-0.3, -0.25) is 14.6 Å². The fourth-order valence-corrected chi connectivity index (χ4v) is 4.95. The first-order valence-electron chi connectivity index (χ1n) is 10.8. The highest BCUT2D eigenvalue weighted by Crippen LogP contribution is 2.26. The van der Waals surface area contributed by atoms with Gasteiger partial charge in [-0.1, -0.05) is 44.2 Å². The van der Waals surface area contributed by atoms with Crippen molar-refractivity contribution in [2.75, 3.05) is 38.0 Å². The molecule has 3 aromatic rings. The summed E-state index contributed by atoms with van der Waals surface area (Å²) in [7, 11) is 0. The lowest BCUT2D eigenvalue weighted by Crippen LogP contribution is -2.48. The van der Waals surface area contributed by atoms with Crippen LogP contribution in [0.15, 0.2) is 48.5 Å². The fraction of sp³-hybridized carbons (Fsp3) is 0.417. The maximum atomic E-state index is 12.6. The molecule has 2 aromatic carbocycles. The van der Waals surface area contributed by atoms with Crippen LogP contribution in [0.25, 0.3) is 10.2 Å². The average Bonchev–Trinajstić information content (AvgIpc) is 3.17. The van der Waals surface area contributed by atoms with Crippen LogP contribution in [0.4, 0.5) is 5.69 Å². The summed E-state index contributed by atoms with van der Waals surface area (Å²) in [6, 6.07) is 16.5. The fourth-order valence-electron chi connectivity index (χ4n) is 3.94. The van der Waals surface area contributed by atoms with Crippen molar-refractivity contribution < 1.29 is 4.79 Å². The number of anilines is 1. The Balaban J connectivity index is 1.27. The summed E-state index contributed by atoms with van der Waals surface area (Å²) in [5.41, 5.74) is 3.26. The summed E-state index contributed by atoms with van der Waals surface area (Å²) < 4.78 is 1.25. The molecule has 1 atom stereocenters. The van der Waals surface area contributed by atoms with E-state index in [4.69, 9.17) is 4.98 Å². The maximum absolute atomic E-state index is 12.6. The van der Waals surface area contributed by atoms with E-state index < -0.39 is 0 Å². The van der Waals surface area contributed by atoms with Gasteiger partial charge in [-0.2, -0.15) is 0 Å². The molecule has 0 spiro atoms. The average molecular weight is 423 g/mol. The molecule has 1 aliphatic heterocycles. The number of rotatable bonds is 7. The van der Waals surface area contributed by atoms with E-state index in [1.54, 1.807) is 11.3 Å². The van der Waals surface area contributed by atoms with Gasteiger partial charge in [0.15, 0.2) is 0 Å². The second kappa shape index (κ2) is 9.69. The highest BCUT2D eigenvalue weighted by molar-refractivity contribution is 7.18. The molecule has 0 radical (unpaired) electrons. The number of hydrogen-bond acceptors (Lipinski definition) is 5. The van der Waals surface area contributed by atoms with Crippen LogP contribution in [-0.4, -0.2) is 53.4 Å². The molecule has 1 aliphatic rings. The number of carbonyl (C=O) groups is 1. The monoisotopic (exact) mass is 422 g/mol. The van der Waals surface area contributed by atoms with Gasteiger partial charge in [0.05, 0.1) is 23.3 Å². The minimum absolute atomic E-state index is 0.0744. The molecule has 5 nitrogen and oxygen atoms in total. The van der Waals surface area contributed by atoms with Gasteiger partial charge in [0.25, 0.3) is 0 Å². The molecule has 1 saturated heterocycles. The molecule has 1 fully saturated rings. The molecule has 2 heterocycles. The Hall–Kier alpha value is -2.28. The normalized spacial score (nSPS) is 16.6. The largest absolute Gasteiger partial charge is 0.325 e. The molecule has 1 N–H and O–H groups in total. The number of fused-ring (bicyclic) bond motifs is 1. The van der Waals surface area contributed by atoms with Gasteiger partial charge >= 0.3 is 0 Å². The standard InChI is InChI=1S/C24H30N4OS/c1-3-18(2)19-8-4-5-9-20(19)25-23(29)16-27-12-14-28(15-13-27)17-24-26-21-10-6-7-11-22(21)30-24/h4-11,18H,3,12-17H2,1-2H3,(H,25,29)/t18-/m1/s1. The van der Waals surface area contributed by atoms with E-state index in [0.29, 0.717) is 12.5 Å². The molecular formula is C24H30N4OS. The first kappa shape index (κ1) is 21.0. The third kappa shape index (κ3) is 5.06. The van der Waals surface area contributed by atoms with Crippen LogP contribution in [0.5, 0.6) is 0 Å². The number of aromatic nitrogens is 1. The van der Waals surface area contributed by atoms with Crippen LogP contribution >= 0.6 is 11.3 Å². The third-order valence-corrected chi connectivity index (χ3v) is 6.93. The number of hydrogen-bond donors (Lipinski definition) is 1. The van der Waals surface area contributed by atoms with Crippen molar-refractivity contribution >= 4 is 33.1 Å². The molecule has 1 aromatic heterocycles. The van der Waals surface area contributed by atoms with Gasteiger partial charge in [-0.15, -0.1) is 11.3 Å². The molecule has 0 saturated carbocycles. The van der Waals surface area contributed by atoms with Crippen LogP contribution in [-0.2, 0) is 11.3 Å². The number of para-hydroxylation sites is 2. The lowest BCUT2D eigenvalue weighted by molar-refractivity contribution is -0.117. The van der Waals surface area contributed by atoms with Crippen molar-refractivity contribution in [3.63, 3.8) is 0 Å². The summed E-state index contributed by atoms with van der Waals surface area (Å²) in [5.74, 6) is 0.512. The molecule has 0 bridgehead atoms. The topological polar surface area (TPSA) is 48.5 Å². The van der Waals surface area contributed by atoms with Crippen LogP contribution in [0, 0.1) is 0 Å². The zero-order valence-corrected chi connectivity index (χ0v) is 18.6. The Morgan fingerprint density at radius 3 is 2.53 bits per heavy atom. The second-order valence-corrected chi connectivity index (χ2v) is 9.19. The molecular weight excluding hydrogens is 392 g/mol. The number of carbonyl (C=O) groups excluding carboxylic acids is 1. The first-order chi connectivity index (χ1) is 14.6. The predicted molar refractivity (Wildman–Crippen MR) is 125 cm³/mol. The highest BCUT2D eigenvalue weighted by Gasteiger charge is 2.20. The van der Waals surface area contributed by atoms with E-state index >= 15 is 0 Å². The Bertz CT molecular complexity index is 961. The quantitative estimate of drug-likeness (QED) is 0.606. The number of nitrogens with zero attached hydrogens (tertiary/aromatic N) is 3. The van der Waals surface area contributed by atoms with Gasteiger partial charge in [-0.05, 0) is 36.1 Å². The van der Waals surface area contributed by atoms with Crippen molar-refractivity contribution in [3.8, 4) is 0 Å². The van der Waals surface area contributed by atoms with Crippen LogP contribution in [0.2, 0.25) is 0 Å². The van der Waals surface area contributed by atoms with E-state index in [9.17, 15) is 4.79 Å². The Morgan fingerprint density at radius 2 is 1.77 bits per heavy atom. The van der Waals surface area contributed by atoms with Gasteiger partial charge in [0.1, 0.15) is 5.01 Å². The Kier molecular flexibility index (Phi) is 6.77. The van der Waals surface area contributed by atoms with Gasteiger partial charge < -0.3 is 5.32 Å². The lowest BCUT2D eigenvalue weighted by Gasteiger charge is -2.33. The lowest BCUT2D eigenvalue weighted by atomic mass is 9.97. The van der Waals surface area contributed by atoms with Gasteiger partial charge in [0, 0.05) is 31.9 Å². The number of piperazine rings is 1. The third-order valence-electron chi connectivity index (χ3n) is 5.91. The molecule has 4 rings (SSSR count). The molecule has 30 heavy (non-hydrogen) atoms. The molecule has 6 heteroatoms. The van der Waals surface area contributed by atoms with E-state index in [1.807, 2.05) is 24.3 Å². The second-order valence-electron chi connectivity index (χ2n) is 8.07. The van der Waals surface area contributed by atoms with Gasteiger partial charge in [-0.25, -0.2) is 4.98 Å². The minimum Gasteiger partial charge on any atom is -0.325 e. The maximum Gasteiger partial charge on any atom is 0.238 e. The summed E-state index contributed by atoms with van der Waals surface area (Å²) in [4.78, 5) is 22.1. The first-order valence-corrected chi connectivity index (χ1v) is 11.6. The molecule has 158 valence electrons. The zero-order chi connectivity index (χ0) is 20.9. The smallest absolute Gasteiger partial charge is 0.238 e. The zero-order valence-electron chi connectivity index (χ0n) is 17.8. The number of thiazole rings is 1. The summed E-state index contributed by atoms with van der Waals surface area (Å²) in [6.07, 6.45) is 1.06. The SMILES string of the molecule is CC[C@@H](C)c1ccccc1NC(=O)CN1CCN(Cc2nc3ccccc3s2)CC1. The predicted octanol–water partition coefficient (Wildman–Crippen LogP) is 4.57. The number of amides is 1. The molecule has 0 unspecified atom stereocenters. The van der Waals surface area contributed by atoms with Gasteiger partial charge in [0.2, 0.25) is 5.91 Å². The van der Waals surface area contributed by atoms with Crippen molar-refractivity contribution in [3.05, 3.63) is 59.1 Å². The van der Waals surface area contributed by atoms with E-state index in [0.717, 1.165) is 50.3 Å². The summed E-state index contributed by atoms with van der Waals surface area (Å²) >= 11 is 1.78. The van der Waals surface area contributed by atoms with Crippen molar-refractivity contribution in [2.24, 2.45) is 0 Å². The minimum atomic E-state index is 0.0744. The van der Waals surface area contributed by atoms with Crippen LogP contribution in [0.3, 0.4) is 0 Å². The van der Waals surface area contributed by atoms with Crippen molar-refractivity contribution in [1.82, 2.24) is 14.8 Å².